The first-order chi connectivity index (χ1) is 16.8. The van der Waals surface area contributed by atoms with Crippen LogP contribution in [0.4, 0.5) is 5.82 Å². The maximum atomic E-state index is 13.1. The summed E-state index contributed by atoms with van der Waals surface area (Å²) in [6.45, 7) is 7.42. The maximum absolute atomic E-state index is 13.1. The topological polar surface area (TPSA) is 109 Å². The highest BCUT2D eigenvalue weighted by atomic mass is 16.5. The molecule has 1 saturated heterocycles. The number of nitrogens with zero attached hydrogens (tertiary/aromatic N) is 4. The lowest BCUT2D eigenvalue weighted by Crippen LogP contribution is -2.59. The lowest BCUT2D eigenvalue weighted by atomic mass is 9.87. The van der Waals surface area contributed by atoms with Gasteiger partial charge in [-0.15, -0.1) is 0 Å². The highest BCUT2D eigenvalue weighted by Gasteiger charge is 2.41. The number of piperazine rings is 1. The van der Waals surface area contributed by atoms with Gasteiger partial charge in [0.2, 0.25) is 0 Å². The molecule has 3 aliphatic rings. The lowest BCUT2D eigenvalue weighted by Gasteiger charge is -2.41. The van der Waals surface area contributed by atoms with Crippen LogP contribution in [0.15, 0.2) is 23.0 Å². The number of esters is 1. The summed E-state index contributed by atoms with van der Waals surface area (Å²) in [5.74, 6) is 0.218. The van der Waals surface area contributed by atoms with Crippen molar-refractivity contribution in [3.8, 4) is 6.07 Å². The van der Waals surface area contributed by atoms with Gasteiger partial charge in [0.1, 0.15) is 24.2 Å². The number of fused-ring (bicyclic) bond motifs is 1. The van der Waals surface area contributed by atoms with Crippen molar-refractivity contribution < 1.29 is 23.5 Å². The summed E-state index contributed by atoms with van der Waals surface area (Å²) in [5, 5.41) is 10.2. The molecule has 1 amide bonds. The number of rotatable bonds is 5. The summed E-state index contributed by atoms with van der Waals surface area (Å²) in [4.78, 5) is 34.6. The van der Waals surface area contributed by atoms with Crippen LogP contribution in [-0.4, -0.2) is 59.6 Å². The Morgan fingerprint density at radius 3 is 2.74 bits per heavy atom. The Labute approximate surface area is 204 Å². The van der Waals surface area contributed by atoms with E-state index in [2.05, 4.69) is 6.07 Å². The monoisotopic (exact) mass is 478 g/mol. The number of amides is 1. The van der Waals surface area contributed by atoms with Crippen molar-refractivity contribution in [3.05, 3.63) is 46.5 Å². The van der Waals surface area contributed by atoms with Gasteiger partial charge < -0.3 is 23.7 Å². The fourth-order valence-corrected chi connectivity index (χ4v) is 5.03. The number of furan rings is 1. The summed E-state index contributed by atoms with van der Waals surface area (Å²) < 4.78 is 16.5. The highest BCUT2D eigenvalue weighted by molar-refractivity contribution is 5.97. The molecule has 2 aliphatic heterocycles. The van der Waals surface area contributed by atoms with E-state index in [1.54, 1.807) is 13.0 Å². The molecule has 184 valence electrons. The van der Waals surface area contributed by atoms with Gasteiger partial charge in [0.05, 0.1) is 48.4 Å². The zero-order valence-corrected chi connectivity index (χ0v) is 20.4. The van der Waals surface area contributed by atoms with Crippen LogP contribution >= 0.6 is 0 Å². The Hall–Kier alpha value is -3.38. The quantitative estimate of drug-likeness (QED) is 0.603. The third-order valence-corrected chi connectivity index (χ3v) is 6.98. The molecule has 0 aromatic carbocycles. The molecule has 0 N–H and O–H groups in total. The highest BCUT2D eigenvalue weighted by Crippen LogP contribution is 2.45. The molecule has 0 spiro atoms. The molecule has 1 saturated carbocycles. The van der Waals surface area contributed by atoms with E-state index >= 15 is 0 Å². The van der Waals surface area contributed by atoms with Gasteiger partial charge in [-0.1, -0.05) is 0 Å². The summed E-state index contributed by atoms with van der Waals surface area (Å²) in [5.41, 5.74) is 3.60. The number of carbonyl (C=O) groups excluding carboxylic acids is 2. The van der Waals surface area contributed by atoms with Crippen molar-refractivity contribution >= 4 is 17.7 Å². The third kappa shape index (κ3) is 4.39. The third-order valence-electron chi connectivity index (χ3n) is 6.98. The first-order valence-corrected chi connectivity index (χ1v) is 12.2. The Morgan fingerprint density at radius 1 is 1.29 bits per heavy atom. The van der Waals surface area contributed by atoms with Gasteiger partial charge in [-0.05, 0) is 45.2 Å². The smallest absolute Gasteiger partial charge is 0.330 e. The number of carbonyl (C=O) groups is 2. The van der Waals surface area contributed by atoms with Crippen LogP contribution in [0.5, 0.6) is 0 Å². The zero-order valence-electron chi connectivity index (χ0n) is 20.4. The van der Waals surface area contributed by atoms with Crippen LogP contribution in [0.25, 0.3) is 0 Å². The first-order valence-electron chi connectivity index (χ1n) is 12.2. The predicted molar refractivity (Wildman–Crippen MR) is 126 cm³/mol. The van der Waals surface area contributed by atoms with Gasteiger partial charge >= 0.3 is 5.97 Å². The van der Waals surface area contributed by atoms with Crippen LogP contribution in [-0.2, 0) is 27.3 Å². The van der Waals surface area contributed by atoms with E-state index in [1.807, 2.05) is 18.7 Å². The second-order valence-corrected chi connectivity index (χ2v) is 9.99. The van der Waals surface area contributed by atoms with Crippen LogP contribution in [0.2, 0.25) is 0 Å². The molecule has 9 nitrogen and oxygen atoms in total. The minimum Gasteiger partial charge on any atom is -0.472 e. The second kappa shape index (κ2) is 9.00. The van der Waals surface area contributed by atoms with Crippen molar-refractivity contribution in [2.24, 2.45) is 0 Å². The fraction of sp³-hybridized carbons (Fsp3) is 0.538. The Morgan fingerprint density at radius 2 is 2.09 bits per heavy atom. The molecule has 2 aromatic heterocycles. The van der Waals surface area contributed by atoms with Crippen molar-refractivity contribution in [3.63, 3.8) is 0 Å². The molecule has 35 heavy (non-hydrogen) atoms. The van der Waals surface area contributed by atoms with E-state index in [1.165, 1.54) is 17.4 Å². The normalized spacial score (nSPS) is 21.3. The van der Waals surface area contributed by atoms with Crippen LogP contribution in [0, 0.1) is 11.3 Å². The number of hydrogen-bond donors (Lipinski definition) is 0. The van der Waals surface area contributed by atoms with Crippen LogP contribution in [0.1, 0.15) is 72.3 Å². The number of hydrogen-bond acceptors (Lipinski definition) is 8. The molecule has 9 heteroatoms. The average molecular weight is 479 g/mol. The standard InChI is InChI=1S/C26H30N4O5/c1-4-34-25(32)21-13-29(8-9-30(21)24(31)17-7-10-33-14-17)23-19(12-27)18-11-26(2,3)35-15-20(18)22(28-23)16-5-6-16/h7,10,14,16,21H,4-6,8-9,11,13,15H2,1-3H3. The molecule has 1 unspecified atom stereocenters. The minimum absolute atomic E-state index is 0.201. The molecule has 1 aliphatic carbocycles. The van der Waals surface area contributed by atoms with Crippen molar-refractivity contribution in [1.82, 2.24) is 9.88 Å². The van der Waals surface area contributed by atoms with Gasteiger partial charge in [0.25, 0.3) is 5.91 Å². The van der Waals surface area contributed by atoms with Crippen molar-refractivity contribution in [2.45, 2.75) is 64.2 Å². The molecule has 2 aromatic rings. The summed E-state index contributed by atoms with van der Waals surface area (Å²) in [6, 6.07) is 3.17. The van der Waals surface area contributed by atoms with Crippen molar-refractivity contribution in [2.75, 3.05) is 31.1 Å². The number of pyridine rings is 1. The summed E-state index contributed by atoms with van der Waals surface area (Å²) in [6.07, 6.45) is 5.59. The van der Waals surface area contributed by atoms with Gasteiger partial charge in [-0.25, -0.2) is 9.78 Å². The van der Waals surface area contributed by atoms with E-state index in [-0.39, 0.29) is 24.7 Å². The summed E-state index contributed by atoms with van der Waals surface area (Å²) in [7, 11) is 0. The Bertz CT molecular complexity index is 1180. The van der Waals surface area contributed by atoms with Crippen molar-refractivity contribution in [1.29, 1.82) is 5.26 Å². The van der Waals surface area contributed by atoms with Gasteiger partial charge in [0, 0.05) is 31.0 Å². The number of aromatic nitrogens is 1. The molecule has 4 heterocycles. The number of ether oxygens (including phenoxy) is 2. The predicted octanol–water partition coefficient (Wildman–Crippen LogP) is 3.17. The van der Waals surface area contributed by atoms with Gasteiger partial charge in [0.15, 0.2) is 0 Å². The summed E-state index contributed by atoms with van der Waals surface area (Å²) >= 11 is 0. The zero-order chi connectivity index (χ0) is 24.7. The van der Waals surface area contributed by atoms with Gasteiger partial charge in [-0.2, -0.15) is 5.26 Å². The van der Waals surface area contributed by atoms with E-state index in [9.17, 15) is 14.9 Å². The molecule has 0 radical (unpaired) electrons. The van der Waals surface area contributed by atoms with Crippen LogP contribution < -0.4 is 4.90 Å². The second-order valence-electron chi connectivity index (χ2n) is 9.99. The largest absolute Gasteiger partial charge is 0.472 e. The molecule has 1 atom stereocenters. The van der Waals surface area contributed by atoms with Gasteiger partial charge in [-0.3, -0.25) is 4.79 Å². The fourth-order valence-electron chi connectivity index (χ4n) is 5.03. The molecular formula is C26H30N4O5. The van der Waals surface area contributed by atoms with E-state index in [4.69, 9.17) is 18.9 Å². The molecule has 5 rings (SSSR count). The first kappa shape index (κ1) is 23.4. The maximum Gasteiger partial charge on any atom is 0.330 e. The minimum atomic E-state index is -0.820. The number of anilines is 1. The molecule has 0 bridgehead atoms. The SMILES string of the molecule is CCOC(=O)C1CN(c2nc(C3CC3)c3c(c2C#N)CC(C)(C)OC3)CCN1C(=O)c1ccoc1. The Balaban J connectivity index is 1.52. The molecule has 2 fully saturated rings. The average Bonchev–Trinajstić information content (AvgIpc) is 3.54. The lowest BCUT2D eigenvalue weighted by molar-refractivity contribution is -0.148. The number of nitriles is 1. The van der Waals surface area contributed by atoms with E-state index in [0.29, 0.717) is 49.0 Å². The van der Waals surface area contributed by atoms with E-state index in [0.717, 1.165) is 29.7 Å². The van der Waals surface area contributed by atoms with E-state index < -0.39 is 12.0 Å². The van der Waals surface area contributed by atoms with Crippen LogP contribution in [0.3, 0.4) is 0 Å². The Kier molecular flexibility index (Phi) is 6.01. The molecular weight excluding hydrogens is 448 g/mol.